The number of thiocarbonyl (C=S) groups is 1. The number of anilines is 2. The Hall–Kier alpha value is -4.62. The first-order valence-electron chi connectivity index (χ1n) is 11.7. The summed E-state index contributed by atoms with van der Waals surface area (Å²) in [5, 5.41) is 26.0. The SMILES string of the molecule is COc1ccc(-n2nc3ccc(NC(=S)NC(=O)c4cc([N+](=O)[O-])ccc4N4CCOCC4)cc3n2)cc1. The van der Waals surface area contributed by atoms with Crippen molar-refractivity contribution in [1.82, 2.24) is 20.3 Å². The molecule has 0 spiro atoms. The number of nitro groups is 1. The molecule has 3 aromatic carbocycles. The van der Waals surface area contributed by atoms with Gasteiger partial charge in [-0.1, -0.05) is 0 Å². The lowest BCUT2D eigenvalue weighted by Crippen LogP contribution is -2.39. The molecule has 0 atom stereocenters. The van der Waals surface area contributed by atoms with Crippen molar-refractivity contribution in [3.05, 3.63) is 76.3 Å². The lowest BCUT2D eigenvalue weighted by molar-refractivity contribution is -0.384. The number of nitrogens with zero attached hydrogens (tertiary/aromatic N) is 5. The summed E-state index contributed by atoms with van der Waals surface area (Å²) >= 11 is 5.36. The number of hydrogen-bond acceptors (Lipinski definition) is 9. The number of amides is 1. The molecular weight excluding hydrogens is 510 g/mol. The number of fused-ring (bicyclic) bond motifs is 1. The number of carbonyl (C=O) groups excluding carboxylic acids is 1. The van der Waals surface area contributed by atoms with Crippen LogP contribution in [0, 0.1) is 10.1 Å². The number of aromatic nitrogens is 3. The van der Waals surface area contributed by atoms with E-state index in [0.29, 0.717) is 48.7 Å². The molecular formula is C25H23N7O5S. The summed E-state index contributed by atoms with van der Waals surface area (Å²) in [6, 6.07) is 16.9. The molecule has 4 aromatic rings. The van der Waals surface area contributed by atoms with Crippen LogP contribution in [0.25, 0.3) is 16.7 Å². The van der Waals surface area contributed by atoms with E-state index in [2.05, 4.69) is 20.8 Å². The van der Waals surface area contributed by atoms with Crippen molar-refractivity contribution in [1.29, 1.82) is 0 Å². The first-order chi connectivity index (χ1) is 18.4. The quantitative estimate of drug-likeness (QED) is 0.216. The number of benzene rings is 3. The van der Waals surface area contributed by atoms with Crippen LogP contribution in [0.2, 0.25) is 0 Å². The van der Waals surface area contributed by atoms with Crippen LogP contribution in [-0.4, -0.2) is 64.3 Å². The Morgan fingerprint density at radius 2 is 1.79 bits per heavy atom. The third-order valence-electron chi connectivity index (χ3n) is 5.96. The minimum Gasteiger partial charge on any atom is -0.497 e. The number of carbonyl (C=O) groups is 1. The highest BCUT2D eigenvalue weighted by Gasteiger charge is 2.22. The first-order valence-corrected chi connectivity index (χ1v) is 12.1. The Balaban J connectivity index is 1.32. The molecule has 0 aliphatic carbocycles. The number of rotatable bonds is 6. The molecule has 38 heavy (non-hydrogen) atoms. The third kappa shape index (κ3) is 5.38. The lowest BCUT2D eigenvalue weighted by Gasteiger charge is -2.30. The van der Waals surface area contributed by atoms with Gasteiger partial charge in [-0.05, 0) is 60.7 Å². The van der Waals surface area contributed by atoms with E-state index in [0.717, 1.165) is 11.4 Å². The van der Waals surface area contributed by atoms with Gasteiger partial charge in [0.15, 0.2) is 5.11 Å². The topological polar surface area (TPSA) is 137 Å². The predicted octanol–water partition coefficient (Wildman–Crippen LogP) is 3.30. The van der Waals surface area contributed by atoms with E-state index >= 15 is 0 Å². The number of hydrogen-bond donors (Lipinski definition) is 2. The highest BCUT2D eigenvalue weighted by atomic mass is 32.1. The van der Waals surface area contributed by atoms with Crippen molar-refractivity contribution < 1.29 is 19.2 Å². The number of nitrogens with one attached hydrogen (secondary N) is 2. The summed E-state index contributed by atoms with van der Waals surface area (Å²) in [4.78, 5) is 27.4. The Labute approximate surface area is 222 Å². The molecule has 1 aliphatic rings. The molecule has 2 N–H and O–H groups in total. The second kappa shape index (κ2) is 10.8. The summed E-state index contributed by atoms with van der Waals surface area (Å²) in [7, 11) is 1.60. The van der Waals surface area contributed by atoms with Crippen molar-refractivity contribution in [2.45, 2.75) is 0 Å². The van der Waals surface area contributed by atoms with Crippen LogP contribution in [-0.2, 0) is 4.74 Å². The normalized spacial score (nSPS) is 13.2. The van der Waals surface area contributed by atoms with Gasteiger partial charge in [0.1, 0.15) is 16.8 Å². The van der Waals surface area contributed by atoms with Crippen LogP contribution in [0.15, 0.2) is 60.7 Å². The monoisotopic (exact) mass is 533 g/mol. The van der Waals surface area contributed by atoms with E-state index in [1.807, 2.05) is 29.2 Å². The zero-order valence-electron chi connectivity index (χ0n) is 20.3. The maximum atomic E-state index is 13.1. The van der Waals surface area contributed by atoms with Crippen LogP contribution < -0.4 is 20.3 Å². The predicted molar refractivity (Wildman–Crippen MR) is 145 cm³/mol. The lowest BCUT2D eigenvalue weighted by atomic mass is 10.1. The second-order valence-corrected chi connectivity index (χ2v) is 8.77. The number of nitro benzene ring substituents is 1. The van der Waals surface area contributed by atoms with Crippen LogP contribution >= 0.6 is 12.2 Å². The molecule has 0 saturated carbocycles. The highest BCUT2D eigenvalue weighted by molar-refractivity contribution is 7.80. The van der Waals surface area contributed by atoms with Crippen LogP contribution in [0.1, 0.15) is 10.4 Å². The zero-order chi connectivity index (χ0) is 26.6. The maximum Gasteiger partial charge on any atom is 0.270 e. The minimum atomic E-state index is -0.556. The van der Waals surface area contributed by atoms with Crippen LogP contribution in [0.4, 0.5) is 17.1 Å². The van der Waals surface area contributed by atoms with Gasteiger partial charge in [-0.15, -0.1) is 10.2 Å². The maximum absolute atomic E-state index is 13.1. The van der Waals surface area contributed by atoms with Gasteiger partial charge in [-0.3, -0.25) is 20.2 Å². The van der Waals surface area contributed by atoms with E-state index in [-0.39, 0.29) is 16.4 Å². The van der Waals surface area contributed by atoms with Gasteiger partial charge in [0, 0.05) is 30.9 Å². The van der Waals surface area contributed by atoms with Crippen molar-refractivity contribution in [2.75, 3.05) is 43.6 Å². The fourth-order valence-corrected chi connectivity index (χ4v) is 4.27. The van der Waals surface area contributed by atoms with Crippen molar-refractivity contribution in [3.63, 3.8) is 0 Å². The molecule has 1 amide bonds. The Kier molecular flexibility index (Phi) is 7.11. The van der Waals surface area contributed by atoms with Crippen molar-refractivity contribution >= 4 is 51.3 Å². The fraction of sp³-hybridized carbons (Fsp3) is 0.200. The molecule has 0 radical (unpaired) electrons. The van der Waals surface area contributed by atoms with Gasteiger partial charge in [0.2, 0.25) is 0 Å². The van der Waals surface area contributed by atoms with Gasteiger partial charge in [-0.2, -0.15) is 4.80 Å². The molecule has 1 aliphatic heterocycles. The van der Waals surface area contributed by atoms with Gasteiger partial charge in [0.25, 0.3) is 11.6 Å². The molecule has 12 nitrogen and oxygen atoms in total. The molecule has 1 fully saturated rings. The average molecular weight is 534 g/mol. The fourth-order valence-electron chi connectivity index (χ4n) is 4.06. The zero-order valence-corrected chi connectivity index (χ0v) is 21.1. The molecule has 2 heterocycles. The molecule has 1 aromatic heterocycles. The third-order valence-corrected chi connectivity index (χ3v) is 6.16. The van der Waals surface area contributed by atoms with Gasteiger partial charge < -0.3 is 19.7 Å². The molecule has 5 rings (SSSR count). The summed E-state index contributed by atoms with van der Waals surface area (Å²) < 4.78 is 10.6. The number of ether oxygens (including phenoxy) is 2. The summed E-state index contributed by atoms with van der Waals surface area (Å²) in [5.74, 6) is 0.175. The van der Waals surface area contributed by atoms with E-state index in [1.54, 1.807) is 31.4 Å². The smallest absolute Gasteiger partial charge is 0.270 e. The van der Waals surface area contributed by atoms with Gasteiger partial charge >= 0.3 is 0 Å². The molecule has 194 valence electrons. The Morgan fingerprint density at radius 1 is 1.05 bits per heavy atom. The Bertz CT molecular complexity index is 1520. The molecule has 0 bridgehead atoms. The van der Waals surface area contributed by atoms with Crippen LogP contribution in [0.3, 0.4) is 0 Å². The number of morpholine rings is 1. The summed E-state index contributed by atoms with van der Waals surface area (Å²) in [5.41, 5.74) is 3.21. The van der Waals surface area contributed by atoms with Crippen molar-refractivity contribution in [2.24, 2.45) is 0 Å². The molecule has 1 saturated heterocycles. The van der Waals surface area contributed by atoms with E-state index < -0.39 is 10.8 Å². The summed E-state index contributed by atoms with van der Waals surface area (Å²) in [6.07, 6.45) is 0. The van der Waals surface area contributed by atoms with E-state index in [4.69, 9.17) is 21.7 Å². The first kappa shape index (κ1) is 25.0. The Morgan fingerprint density at radius 3 is 2.50 bits per heavy atom. The van der Waals surface area contributed by atoms with Crippen molar-refractivity contribution in [3.8, 4) is 11.4 Å². The number of non-ortho nitro benzene ring substituents is 1. The number of methoxy groups -OCH3 is 1. The van der Waals surface area contributed by atoms with Gasteiger partial charge in [-0.25, -0.2) is 0 Å². The van der Waals surface area contributed by atoms with Gasteiger partial charge in [0.05, 0.1) is 42.2 Å². The molecule has 13 heteroatoms. The average Bonchev–Trinajstić information content (AvgIpc) is 3.36. The largest absolute Gasteiger partial charge is 0.497 e. The minimum absolute atomic E-state index is 0.0383. The van der Waals surface area contributed by atoms with Crippen LogP contribution in [0.5, 0.6) is 5.75 Å². The second-order valence-electron chi connectivity index (χ2n) is 8.36. The highest BCUT2D eigenvalue weighted by Crippen LogP contribution is 2.27. The summed E-state index contributed by atoms with van der Waals surface area (Å²) in [6.45, 7) is 2.14. The standard InChI is InChI=1S/C25H23N7O5S/c1-36-19-6-3-17(4-7-19)31-28-21-8-2-16(14-22(21)29-31)26-25(38)27-24(33)20-15-18(32(34)35)5-9-23(20)30-10-12-37-13-11-30/h2-9,14-15H,10-13H2,1H3,(H2,26,27,33,38). The molecule has 0 unspecified atom stereocenters. The van der Waals surface area contributed by atoms with E-state index in [1.165, 1.54) is 16.9 Å². The van der Waals surface area contributed by atoms with E-state index in [9.17, 15) is 14.9 Å².